The van der Waals surface area contributed by atoms with Gasteiger partial charge in [-0.15, -0.1) is 0 Å². The van der Waals surface area contributed by atoms with E-state index in [2.05, 4.69) is 10.6 Å². The van der Waals surface area contributed by atoms with Gasteiger partial charge in [-0.25, -0.2) is 0 Å². The zero-order chi connectivity index (χ0) is 19.2. The number of benzene rings is 1. The number of aliphatic carboxylic acids is 1. The first kappa shape index (κ1) is 21.2. The third kappa shape index (κ3) is 6.91. The number of carboxylic acids is 1. The Hall–Kier alpha value is -1.80. The number of carbonyl (C=O) groups is 2. The van der Waals surface area contributed by atoms with E-state index in [1.807, 2.05) is 6.92 Å². The summed E-state index contributed by atoms with van der Waals surface area (Å²) in [6, 6.07) is 1.85. The standard InChI is InChI=1S/C16H20ClF3N2O3/c1-3-4-13(15(24)25)21-9(2)7-14(23)22-10-5-6-12(17)11(8-10)16(18,19)20/h5-6,8-9,13,21H,3-4,7H2,1-2H3,(H,22,23)(H,24,25). The summed E-state index contributed by atoms with van der Waals surface area (Å²) in [6.45, 7) is 3.47. The summed E-state index contributed by atoms with van der Waals surface area (Å²) < 4.78 is 38.4. The predicted molar refractivity (Wildman–Crippen MR) is 88.6 cm³/mol. The van der Waals surface area contributed by atoms with Crippen LogP contribution >= 0.6 is 11.6 Å². The maximum absolute atomic E-state index is 12.8. The molecule has 1 aromatic rings. The molecule has 5 nitrogen and oxygen atoms in total. The molecule has 0 spiro atoms. The van der Waals surface area contributed by atoms with E-state index < -0.39 is 40.7 Å². The molecular weight excluding hydrogens is 361 g/mol. The lowest BCUT2D eigenvalue weighted by atomic mass is 10.1. The predicted octanol–water partition coefficient (Wildman–Crippen LogP) is 3.92. The number of carboxylic acid groups (broad SMARTS) is 1. The number of alkyl halides is 3. The van der Waals surface area contributed by atoms with E-state index >= 15 is 0 Å². The Morgan fingerprint density at radius 1 is 1.32 bits per heavy atom. The van der Waals surface area contributed by atoms with E-state index in [1.165, 1.54) is 6.07 Å². The second kappa shape index (κ2) is 9.05. The molecule has 1 rings (SSSR count). The minimum atomic E-state index is -4.62. The summed E-state index contributed by atoms with van der Waals surface area (Å²) in [5, 5.41) is 13.8. The summed E-state index contributed by atoms with van der Waals surface area (Å²) in [7, 11) is 0. The fourth-order valence-electron chi connectivity index (χ4n) is 2.28. The molecule has 0 aromatic heterocycles. The third-order valence-electron chi connectivity index (χ3n) is 3.41. The van der Waals surface area contributed by atoms with Crippen LogP contribution < -0.4 is 10.6 Å². The molecule has 2 atom stereocenters. The first-order chi connectivity index (χ1) is 11.5. The number of rotatable bonds is 8. The monoisotopic (exact) mass is 380 g/mol. The maximum atomic E-state index is 12.8. The van der Waals surface area contributed by atoms with E-state index in [9.17, 15) is 22.8 Å². The topological polar surface area (TPSA) is 78.4 Å². The van der Waals surface area contributed by atoms with Crippen LogP contribution in [0.1, 0.15) is 38.7 Å². The van der Waals surface area contributed by atoms with Crippen molar-refractivity contribution in [3.63, 3.8) is 0 Å². The SMILES string of the molecule is CCCC(NC(C)CC(=O)Nc1ccc(Cl)c(C(F)(F)F)c1)C(=O)O. The van der Waals surface area contributed by atoms with Crippen molar-refractivity contribution in [3.05, 3.63) is 28.8 Å². The van der Waals surface area contributed by atoms with Crippen LogP contribution in [-0.4, -0.2) is 29.1 Å². The van der Waals surface area contributed by atoms with Crippen molar-refractivity contribution in [3.8, 4) is 0 Å². The highest BCUT2D eigenvalue weighted by Crippen LogP contribution is 2.36. The van der Waals surface area contributed by atoms with E-state index in [0.29, 0.717) is 12.8 Å². The van der Waals surface area contributed by atoms with Gasteiger partial charge in [-0.05, 0) is 31.5 Å². The van der Waals surface area contributed by atoms with Crippen LogP contribution in [0.15, 0.2) is 18.2 Å². The Kier molecular flexibility index (Phi) is 7.69. The fourth-order valence-corrected chi connectivity index (χ4v) is 2.50. The molecule has 0 saturated heterocycles. The summed E-state index contributed by atoms with van der Waals surface area (Å²) in [6.07, 6.45) is -3.64. The Morgan fingerprint density at radius 2 is 1.96 bits per heavy atom. The van der Waals surface area contributed by atoms with Gasteiger partial charge in [-0.1, -0.05) is 24.9 Å². The van der Waals surface area contributed by atoms with Gasteiger partial charge in [-0.2, -0.15) is 13.2 Å². The largest absolute Gasteiger partial charge is 0.480 e. The molecule has 0 aliphatic rings. The van der Waals surface area contributed by atoms with Gasteiger partial charge in [0.1, 0.15) is 6.04 Å². The van der Waals surface area contributed by atoms with Gasteiger partial charge in [0, 0.05) is 18.2 Å². The van der Waals surface area contributed by atoms with Gasteiger partial charge < -0.3 is 15.7 Å². The van der Waals surface area contributed by atoms with Gasteiger partial charge in [0.2, 0.25) is 5.91 Å². The highest BCUT2D eigenvalue weighted by atomic mass is 35.5. The Balaban J connectivity index is 2.69. The normalized spacial score (nSPS) is 14.0. The van der Waals surface area contributed by atoms with Gasteiger partial charge in [0.05, 0.1) is 10.6 Å². The van der Waals surface area contributed by atoms with Crippen LogP contribution in [0.25, 0.3) is 0 Å². The summed E-state index contributed by atoms with van der Waals surface area (Å²) in [4.78, 5) is 23.0. The minimum Gasteiger partial charge on any atom is -0.480 e. The Labute approximate surface area is 148 Å². The summed E-state index contributed by atoms with van der Waals surface area (Å²) >= 11 is 5.52. The zero-order valence-electron chi connectivity index (χ0n) is 13.8. The van der Waals surface area contributed by atoms with E-state index in [4.69, 9.17) is 16.7 Å². The van der Waals surface area contributed by atoms with Crippen LogP contribution in [-0.2, 0) is 15.8 Å². The van der Waals surface area contributed by atoms with Crippen LogP contribution in [0.5, 0.6) is 0 Å². The molecule has 0 radical (unpaired) electrons. The van der Waals surface area contributed by atoms with Gasteiger partial charge in [0.15, 0.2) is 0 Å². The average Bonchev–Trinajstić information content (AvgIpc) is 2.47. The number of amides is 1. The Bertz CT molecular complexity index is 623. The quantitative estimate of drug-likeness (QED) is 0.638. The van der Waals surface area contributed by atoms with Crippen molar-refractivity contribution in [2.24, 2.45) is 0 Å². The summed E-state index contributed by atoms with van der Waals surface area (Å²) in [5.74, 6) is -1.54. The van der Waals surface area contributed by atoms with Crippen molar-refractivity contribution >= 4 is 29.2 Å². The molecule has 0 saturated carbocycles. The average molecular weight is 381 g/mol. The highest BCUT2D eigenvalue weighted by molar-refractivity contribution is 6.31. The Morgan fingerprint density at radius 3 is 2.48 bits per heavy atom. The van der Waals surface area contributed by atoms with Crippen molar-refractivity contribution in [2.75, 3.05) is 5.32 Å². The number of halogens is 4. The number of hydrogen-bond donors (Lipinski definition) is 3. The molecule has 0 aliphatic carbocycles. The number of hydrogen-bond acceptors (Lipinski definition) is 3. The van der Waals surface area contributed by atoms with Crippen LogP contribution in [0.3, 0.4) is 0 Å². The maximum Gasteiger partial charge on any atom is 0.417 e. The second-order valence-electron chi connectivity index (χ2n) is 5.69. The smallest absolute Gasteiger partial charge is 0.417 e. The summed E-state index contributed by atoms with van der Waals surface area (Å²) in [5.41, 5.74) is -1.07. The van der Waals surface area contributed by atoms with E-state index in [-0.39, 0.29) is 12.1 Å². The molecule has 0 aliphatic heterocycles. The van der Waals surface area contributed by atoms with Crippen molar-refractivity contribution in [1.82, 2.24) is 5.32 Å². The van der Waals surface area contributed by atoms with Crippen molar-refractivity contribution in [1.29, 1.82) is 0 Å². The van der Waals surface area contributed by atoms with Crippen LogP contribution in [0, 0.1) is 0 Å². The van der Waals surface area contributed by atoms with E-state index in [1.54, 1.807) is 6.92 Å². The number of nitrogens with one attached hydrogen (secondary N) is 2. The van der Waals surface area contributed by atoms with Gasteiger partial charge >= 0.3 is 12.1 Å². The highest BCUT2D eigenvalue weighted by Gasteiger charge is 2.33. The van der Waals surface area contributed by atoms with Crippen molar-refractivity contribution in [2.45, 2.75) is 51.4 Å². The molecule has 25 heavy (non-hydrogen) atoms. The molecule has 140 valence electrons. The lowest BCUT2D eigenvalue weighted by Gasteiger charge is -2.19. The molecule has 0 bridgehead atoms. The molecule has 9 heteroatoms. The van der Waals surface area contributed by atoms with Crippen LogP contribution in [0.2, 0.25) is 5.02 Å². The zero-order valence-corrected chi connectivity index (χ0v) is 14.5. The lowest BCUT2D eigenvalue weighted by molar-refractivity contribution is -0.140. The van der Waals surface area contributed by atoms with Crippen molar-refractivity contribution < 1.29 is 27.9 Å². The minimum absolute atomic E-state index is 0.0303. The number of carbonyl (C=O) groups excluding carboxylic acids is 1. The number of anilines is 1. The molecule has 2 unspecified atom stereocenters. The van der Waals surface area contributed by atoms with E-state index in [0.717, 1.165) is 12.1 Å². The first-order valence-electron chi connectivity index (χ1n) is 7.70. The lowest BCUT2D eigenvalue weighted by Crippen LogP contribution is -2.43. The molecule has 1 aromatic carbocycles. The van der Waals surface area contributed by atoms with Crippen LogP contribution in [0.4, 0.5) is 18.9 Å². The third-order valence-corrected chi connectivity index (χ3v) is 3.74. The molecule has 3 N–H and O–H groups in total. The fraction of sp³-hybridized carbons (Fsp3) is 0.500. The molecule has 0 heterocycles. The van der Waals surface area contributed by atoms with Gasteiger partial charge in [0.25, 0.3) is 0 Å². The van der Waals surface area contributed by atoms with Gasteiger partial charge in [-0.3, -0.25) is 9.59 Å². The molecule has 1 amide bonds. The molecular formula is C16H20ClF3N2O3. The first-order valence-corrected chi connectivity index (χ1v) is 8.07. The second-order valence-corrected chi connectivity index (χ2v) is 6.10. The molecule has 0 fully saturated rings.